The van der Waals surface area contributed by atoms with Gasteiger partial charge in [-0.3, -0.25) is 0 Å². The quantitative estimate of drug-likeness (QED) is 0.758. The van der Waals surface area contributed by atoms with Crippen LogP contribution in [-0.4, -0.2) is 17.8 Å². The van der Waals surface area contributed by atoms with Gasteiger partial charge in [0.25, 0.3) is 0 Å². The Morgan fingerprint density at radius 3 is 2.38 bits per heavy atom. The van der Waals surface area contributed by atoms with E-state index in [1.807, 2.05) is 0 Å². The first-order valence-corrected chi connectivity index (χ1v) is 6.99. The van der Waals surface area contributed by atoms with Crippen LogP contribution in [0.5, 0.6) is 0 Å². The standard InChI is InChI=1S/C14H29NO/c1-4-11-7-5-6-8-12(11)14(16)13(9-15)10(2)3/h10-14,16H,4-9,15H2,1-3H3. The van der Waals surface area contributed by atoms with Gasteiger partial charge in [0.15, 0.2) is 0 Å². The first-order chi connectivity index (χ1) is 7.61. The normalized spacial score (nSPS) is 30.4. The van der Waals surface area contributed by atoms with Crippen molar-refractivity contribution in [2.24, 2.45) is 29.4 Å². The van der Waals surface area contributed by atoms with Crippen molar-refractivity contribution in [1.82, 2.24) is 0 Å². The fourth-order valence-electron chi connectivity index (χ4n) is 3.32. The molecule has 2 heteroatoms. The minimum atomic E-state index is -0.185. The van der Waals surface area contributed by atoms with Crippen molar-refractivity contribution in [3.63, 3.8) is 0 Å². The van der Waals surface area contributed by atoms with E-state index in [1.54, 1.807) is 0 Å². The van der Waals surface area contributed by atoms with Crippen molar-refractivity contribution < 1.29 is 5.11 Å². The van der Waals surface area contributed by atoms with E-state index in [9.17, 15) is 5.11 Å². The average molecular weight is 227 g/mol. The Kier molecular flexibility index (Phi) is 5.77. The first kappa shape index (κ1) is 14.0. The van der Waals surface area contributed by atoms with Gasteiger partial charge < -0.3 is 10.8 Å². The second kappa shape index (κ2) is 6.61. The molecule has 0 bridgehead atoms. The van der Waals surface area contributed by atoms with Crippen molar-refractivity contribution in [1.29, 1.82) is 0 Å². The second-order valence-corrected chi connectivity index (χ2v) is 5.75. The molecule has 0 heterocycles. The molecule has 0 aromatic rings. The summed E-state index contributed by atoms with van der Waals surface area (Å²) in [4.78, 5) is 0. The molecule has 0 radical (unpaired) electrons. The van der Waals surface area contributed by atoms with E-state index in [0.717, 1.165) is 5.92 Å². The molecule has 1 aliphatic carbocycles. The highest BCUT2D eigenvalue weighted by atomic mass is 16.3. The average Bonchev–Trinajstić information content (AvgIpc) is 2.29. The number of rotatable bonds is 5. The first-order valence-electron chi connectivity index (χ1n) is 6.99. The lowest BCUT2D eigenvalue weighted by Crippen LogP contribution is -2.41. The smallest absolute Gasteiger partial charge is 0.0613 e. The van der Waals surface area contributed by atoms with Crippen molar-refractivity contribution in [3.05, 3.63) is 0 Å². The van der Waals surface area contributed by atoms with Crippen molar-refractivity contribution in [3.8, 4) is 0 Å². The lowest BCUT2D eigenvalue weighted by Gasteiger charge is -2.38. The molecule has 1 rings (SSSR count). The van der Waals surface area contributed by atoms with Gasteiger partial charge >= 0.3 is 0 Å². The molecule has 4 unspecified atom stereocenters. The molecule has 3 N–H and O–H groups in total. The largest absolute Gasteiger partial charge is 0.392 e. The molecule has 1 saturated carbocycles. The molecule has 1 fully saturated rings. The van der Waals surface area contributed by atoms with Gasteiger partial charge in [0, 0.05) is 0 Å². The number of nitrogens with two attached hydrogens (primary N) is 1. The maximum atomic E-state index is 10.5. The lowest BCUT2D eigenvalue weighted by atomic mass is 9.70. The summed E-state index contributed by atoms with van der Waals surface area (Å²) in [5.41, 5.74) is 5.81. The summed E-state index contributed by atoms with van der Waals surface area (Å²) in [6, 6.07) is 0. The third-order valence-electron chi connectivity index (χ3n) is 4.50. The van der Waals surface area contributed by atoms with Crippen LogP contribution >= 0.6 is 0 Å². The fraction of sp³-hybridized carbons (Fsp3) is 1.00. The van der Waals surface area contributed by atoms with Crippen LogP contribution in [0.1, 0.15) is 52.9 Å². The summed E-state index contributed by atoms with van der Waals surface area (Å²) >= 11 is 0. The highest BCUT2D eigenvalue weighted by Crippen LogP contribution is 2.37. The molecule has 1 aliphatic rings. The van der Waals surface area contributed by atoms with Crippen LogP contribution in [0.2, 0.25) is 0 Å². The zero-order valence-electron chi connectivity index (χ0n) is 11.2. The van der Waals surface area contributed by atoms with Crippen LogP contribution < -0.4 is 5.73 Å². The topological polar surface area (TPSA) is 46.2 Å². The Bertz CT molecular complexity index is 193. The summed E-state index contributed by atoms with van der Waals surface area (Å²) in [6.45, 7) is 7.21. The second-order valence-electron chi connectivity index (χ2n) is 5.75. The van der Waals surface area contributed by atoms with Gasteiger partial charge in [-0.1, -0.05) is 46.5 Å². The highest BCUT2D eigenvalue weighted by molar-refractivity contribution is 4.85. The summed E-state index contributed by atoms with van der Waals surface area (Å²) in [6.07, 6.45) is 6.15. The number of hydrogen-bond acceptors (Lipinski definition) is 2. The van der Waals surface area contributed by atoms with Crippen LogP contribution in [0.4, 0.5) is 0 Å². The van der Waals surface area contributed by atoms with E-state index in [4.69, 9.17) is 5.73 Å². The molecular formula is C14H29NO. The predicted molar refractivity (Wildman–Crippen MR) is 69.1 cm³/mol. The third-order valence-corrected chi connectivity index (χ3v) is 4.50. The van der Waals surface area contributed by atoms with E-state index in [2.05, 4.69) is 20.8 Å². The SMILES string of the molecule is CCC1CCCCC1C(O)C(CN)C(C)C. The van der Waals surface area contributed by atoms with E-state index in [-0.39, 0.29) is 12.0 Å². The van der Waals surface area contributed by atoms with Gasteiger partial charge in [0.05, 0.1) is 6.10 Å². The Hall–Kier alpha value is -0.0800. The number of aliphatic hydroxyl groups is 1. The van der Waals surface area contributed by atoms with Gasteiger partial charge in [-0.25, -0.2) is 0 Å². The van der Waals surface area contributed by atoms with Gasteiger partial charge in [0.1, 0.15) is 0 Å². The van der Waals surface area contributed by atoms with Crippen LogP contribution in [0, 0.1) is 23.7 Å². The maximum absolute atomic E-state index is 10.5. The molecule has 0 spiro atoms. The van der Waals surface area contributed by atoms with Crippen LogP contribution in [0.3, 0.4) is 0 Å². The molecule has 0 saturated heterocycles. The van der Waals surface area contributed by atoms with Gasteiger partial charge in [0.2, 0.25) is 0 Å². The Labute approximate surface area is 101 Å². The third kappa shape index (κ3) is 3.21. The number of aliphatic hydroxyl groups excluding tert-OH is 1. The minimum Gasteiger partial charge on any atom is -0.392 e. The summed E-state index contributed by atoms with van der Waals surface area (Å²) in [5, 5.41) is 10.5. The molecular weight excluding hydrogens is 198 g/mol. The van der Waals surface area contributed by atoms with Crippen LogP contribution in [0.15, 0.2) is 0 Å². The van der Waals surface area contributed by atoms with E-state index < -0.39 is 0 Å². The zero-order chi connectivity index (χ0) is 12.1. The molecule has 96 valence electrons. The molecule has 0 aromatic heterocycles. The van der Waals surface area contributed by atoms with E-state index in [1.165, 1.54) is 32.1 Å². The van der Waals surface area contributed by atoms with E-state index in [0.29, 0.717) is 18.4 Å². The van der Waals surface area contributed by atoms with Crippen molar-refractivity contribution in [2.75, 3.05) is 6.54 Å². The molecule has 16 heavy (non-hydrogen) atoms. The molecule has 0 amide bonds. The summed E-state index contributed by atoms with van der Waals surface area (Å²) < 4.78 is 0. The summed E-state index contributed by atoms with van der Waals surface area (Å²) in [5.74, 6) is 1.97. The molecule has 0 aromatic carbocycles. The maximum Gasteiger partial charge on any atom is 0.0613 e. The minimum absolute atomic E-state index is 0.185. The Balaban J connectivity index is 2.65. The highest BCUT2D eigenvalue weighted by Gasteiger charge is 2.34. The summed E-state index contributed by atoms with van der Waals surface area (Å²) in [7, 11) is 0. The zero-order valence-corrected chi connectivity index (χ0v) is 11.2. The molecule has 0 aliphatic heterocycles. The fourth-order valence-corrected chi connectivity index (χ4v) is 3.32. The Morgan fingerprint density at radius 1 is 1.25 bits per heavy atom. The predicted octanol–water partition coefficient (Wildman–Crippen LogP) is 2.79. The molecule has 2 nitrogen and oxygen atoms in total. The Morgan fingerprint density at radius 2 is 1.88 bits per heavy atom. The van der Waals surface area contributed by atoms with Gasteiger partial charge in [-0.05, 0) is 36.6 Å². The van der Waals surface area contributed by atoms with Crippen molar-refractivity contribution in [2.45, 2.75) is 59.0 Å². The van der Waals surface area contributed by atoms with Gasteiger partial charge in [-0.15, -0.1) is 0 Å². The van der Waals surface area contributed by atoms with Crippen LogP contribution in [-0.2, 0) is 0 Å². The van der Waals surface area contributed by atoms with Crippen molar-refractivity contribution >= 4 is 0 Å². The molecule has 4 atom stereocenters. The van der Waals surface area contributed by atoms with Gasteiger partial charge in [-0.2, -0.15) is 0 Å². The lowest BCUT2D eigenvalue weighted by molar-refractivity contribution is -0.00830. The number of hydrogen-bond donors (Lipinski definition) is 2. The monoisotopic (exact) mass is 227 g/mol. The van der Waals surface area contributed by atoms with E-state index >= 15 is 0 Å². The van der Waals surface area contributed by atoms with Crippen LogP contribution in [0.25, 0.3) is 0 Å².